The number of hydrogen-bond donors (Lipinski definition) is 1. The van der Waals surface area contributed by atoms with Crippen LogP contribution < -0.4 is 10.4 Å². The summed E-state index contributed by atoms with van der Waals surface area (Å²) < 4.78 is 44.5. The number of nitrogens with zero attached hydrogens (tertiary/aromatic N) is 3. The van der Waals surface area contributed by atoms with Gasteiger partial charge in [-0.15, -0.1) is 0 Å². The van der Waals surface area contributed by atoms with E-state index in [2.05, 4.69) is 14.8 Å². The molecule has 0 spiro atoms. The van der Waals surface area contributed by atoms with Gasteiger partial charge in [0.15, 0.2) is 0 Å². The second-order valence-electron chi connectivity index (χ2n) is 8.41. The molecule has 1 heterocycles. The average Bonchev–Trinajstić information content (AvgIpc) is 2.78. The molecule has 3 aromatic rings. The minimum absolute atomic E-state index is 0.124. The quantitative estimate of drug-likeness (QED) is 0.250. The molecule has 34 heavy (non-hydrogen) atoms. The molecule has 0 fully saturated rings. The van der Waals surface area contributed by atoms with Crippen LogP contribution in [0.4, 0.5) is 24.5 Å². The van der Waals surface area contributed by atoms with Crippen LogP contribution in [0.15, 0.2) is 77.8 Å². The van der Waals surface area contributed by atoms with Crippen molar-refractivity contribution in [2.24, 2.45) is 4.74 Å². The maximum absolute atomic E-state index is 13.3. The lowest BCUT2D eigenvalue weighted by Crippen LogP contribution is -2.29. The van der Waals surface area contributed by atoms with E-state index >= 15 is 0 Å². The first-order valence-electron chi connectivity index (χ1n) is 10.1. The molecule has 2 aromatic carbocycles. The fourth-order valence-electron chi connectivity index (χ4n) is 3.28. The first-order valence-corrected chi connectivity index (χ1v) is 11.8. The number of non-ortho nitro benzene ring substituents is 1. The first-order chi connectivity index (χ1) is 15.8. The number of carbonyl (C=O) groups is 1. The van der Waals surface area contributed by atoms with Gasteiger partial charge < -0.3 is 5.09 Å². The van der Waals surface area contributed by atoms with Crippen molar-refractivity contribution in [3.8, 4) is 0 Å². The number of carbonyl (C=O) groups excluding carboxylic acids is 1. The molecule has 1 amide bonds. The number of rotatable bonds is 5. The summed E-state index contributed by atoms with van der Waals surface area (Å²) in [5, 5.41) is 14.0. The highest BCUT2D eigenvalue weighted by Crippen LogP contribution is 2.59. The second kappa shape index (κ2) is 9.38. The van der Waals surface area contributed by atoms with Crippen LogP contribution >= 0.6 is 7.21 Å². The van der Waals surface area contributed by atoms with Gasteiger partial charge in [-0.3, -0.25) is 19.9 Å². The molecule has 1 unspecified atom stereocenters. The van der Waals surface area contributed by atoms with Crippen molar-refractivity contribution in [3.05, 3.63) is 94.3 Å². The van der Waals surface area contributed by atoms with Gasteiger partial charge in [0.2, 0.25) is 0 Å². The van der Waals surface area contributed by atoms with Crippen LogP contribution in [0, 0.1) is 10.1 Å². The summed E-state index contributed by atoms with van der Waals surface area (Å²) in [5.74, 6) is -0.644. The van der Waals surface area contributed by atoms with E-state index < -0.39 is 34.9 Å². The lowest BCUT2D eigenvalue weighted by Gasteiger charge is -2.38. The summed E-state index contributed by atoms with van der Waals surface area (Å²) >= 11 is 0. The van der Waals surface area contributed by atoms with E-state index in [1.165, 1.54) is 48.8 Å². The van der Waals surface area contributed by atoms with Gasteiger partial charge in [-0.1, -0.05) is 26.8 Å². The summed E-state index contributed by atoms with van der Waals surface area (Å²) in [4.78, 5) is 27.6. The SMILES string of the molecule is CC(C)(C)P(=NC(=O)c1ccc([N+](=O)[O-])cc1)(Nc1cccc(C(F)(F)F)c1)c1ccncc1. The standard InChI is InChI=1S/C23H22F3N4O3P/c1-22(2,3)34(20-11-13-27-14-12-20,28-18-6-4-5-17(15-18)23(24,25)26)29-21(31)16-7-9-19(10-8-16)30(32)33/h4-15,28H,1-3H3. The predicted octanol–water partition coefficient (Wildman–Crippen LogP) is 6.50. The summed E-state index contributed by atoms with van der Waals surface area (Å²) in [6.07, 6.45) is -1.49. The van der Waals surface area contributed by atoms with Crippen LogP contribution in [-0.4, -0.2) is 21.0 Å². The molecule has 1 aromatic heterocycles. The maximum atomic E-state index is 13.3. The molecular formula is C23H22F3N4O3P. The van der Waals surface area contributed by atoms with Crippen molar-refractivity contribution in [2.45, 2.75) is 32.1 Å². The molecule has 1 atom stereocenters. The van der Waals surface area contributed by atoms with E-state index in [1.54, 1.807) is 12.1 Å². The monoisotopic (exact) mass is 490 g/mol. The van der Waals surface area contributed by atoms with Crippen LogP contribution in [0.3, 0.4) is 0 Å². The van der Waals surface area contributed by atoms with Crippen molar-refractivity contribution in [2.75, 3.05) is 5.09 Å². The van der Waals surface area contributed by atoms with Crippen molar-refractivity contribution >= 4 is 29.8 Å². The van der Waals surface area contributed by atoms with Gasteiger partial charge in [0, 0.05) is 46.2 Å². The van der Waals surface area contributed by atoms with Gasteiger partial charge in [0.25, 0.3) is 11.6 Å². The topological polar surface area (TPSA) is 97.5 Å². The molecular weight excluding hydrogens is 468 g/mol. The Hall–Kier alpha value is -3.52. The zero-order chi connectivity index (χ0) is 25.1. The van der Waals surface area contributed by atoms with Gasteiger partial charge in [-0.25, -0.2) is 4.74 Å². The first kappa shape index (κ1) is 25.1. The van der Waals surface area contributed by atoms with E-state index in [0.29, 0.717) is 5.30 Å². The van der Waals surface area contributed by atoms with Crippen molar-refractivity contribution in [3.63, 3.8) is 0 Å². The maximum Gasteiger partial charge on any atom is 0.416 e. The van der Waals surface area contributed by atoms with Gasteiger partial charge in [-0.05, 0) is 42.5 Å². The number of hydrogen-bond acceptors (Lipinski definition) is 4. The molecule has 1 N–H and O–H groups in total. The Labute approximate surface area is 194 Å². The highest BCUT2D eigenvalue weighted by Gasteiger charge is 2.38. The summed E-state index contributed by atoms with van der Waals surface area (Å²) in [7, 11) is -3.09. The Morgan fingerprint density at radius 2 is 1.65 bits per heavy atom. The lowest BCUT2D eigenvalue weighted by atomic mass is 10.2. The van der Waals surface area contributed by atoms with E-state index in [1.807, 2.05) is 20.8 Å². The van der Waals surface area contributed by atoms with Crippen molar-refractivity contribution in [1.29, 1.82) is 0 Å². The molecule has 0 aliphatic rings. The molecule has 0 aliphatic heterocycles. The summed E-state index contributed by atoms with van der Waals surface area (Å²) in [5.41, 5.74) is -0.722. The smallest absolute Gasteiger partial charge is 0.348 e. The molecule has 0 radical (unpaired) electrons. The lowest BCUT2D eigenvalue weighted by molar-refractivity contribution is -0.384. The Kier molecular flexibility index (Phi) is 6.93. The highest BCUT2D eigenvalue weighted by atomic mass is 31.2. The van der Waals surface area contributed by atoms with Crippen LogP contribution in [0.25, 0.3) is 0 Å². The third-order valence-electron chi connectivity index (χ3n) is 5.05. The number of nitrogens with one attached hydrogen (secondary N) is 1. The summed E-state index contributed by atoms with van der Waals surface area (Å²) in [6, 6.07) is 13.1. The van der Waals surface area contributed by atoms with Crippen LogP contribution in [0.1, 0.15) is 36.7 Å². The summed E-state index contributed by atoms with van der Waals surface area (Å²) in [6.45, 7) is 5.53. The molecule has 0 saturated carbocycles. The number of anilines is 1. The molecule has 0 saturated heterocycles. The van der Waals surface area contributed by atoms with Gasteiger partial charge in [0.05, 0.1) is 17.7 Å². The number of pyridine rings is 1. The number of nitro groups is 1. The van der Waals surface area contributed by atoms with Crippen LogP contribution in [0.5, 0.6) is 0 Å². The number of benzene rings is 2. The normalized spacial score (nSPS) is 13.6. The third-order valence-corrected chi connectivity index (χ3v) is 9.10. The molecule has 7 nitrogen and oxygen atoms in total. The predicted molar refractivity (Wildman–Crippen MR) is 125 cm³/mol. The van der Waals surface area contributed by atoms with E-state index in [-0.39, 0.29) is 16.9 Å². The average molecular weight is 490 g/mol. The molecule has 178 valence electrons. The Morgan fingerprint density at radius 1 is 1.03 bits per heavy atom. The minimum atomic E-state index is -4.54. The minimum Gasteiger partial charge on any atom is -0.348 e. The Morgan fingerprint density at radius 3 is 2.18 bits per heavy atom. The van der Waals surface area contributed by atoms with Crippen molar-refractivity contribution in [1.82, 2.24) is 4.98 Å². The van der Waals surface area contributed by atoms with Gasteiger partial charge in [-0.2, -0.15) is 13.2 Å². The van der Waals surface area contributed by atoms with Crippen LogP contribution in [-0.2, 0) is 6.18 Å². The number of aromatic nitrogens is 1. The molecule has 11 heteroatoms. The third kappa shape index (κ3) is 5.34. The van der Waals surface area contributed by atoms with E-state index in [0.717, 1.165) is 12.1 Å². The largest absolute Gasteiger partial charge is 0.416 e. The second-order valence-corrected chi connectivity index (χ2v) is 12.0. The zero-order valence-electron chi connectivity index (χ0n) is 18.6. The zero-order valence-corrected chi connectivity index (χ0v) is 19.5. The van der Waals surface area contributed by atoms with E-state index in [9.17, 15) is 28.1 Å². The van der Waals surface area contributed by atoms with Gasteiger partial charge in [0.1, 0.15) is 0 Å². The number of halogens is 3. The van der Waals surface area contributed by atoms with Crippen molar-refractivity contribution < 1.29 is 22.9 Å². The fraction of sp³-hybridized carbons (Fsp3) is 0.217. The molecule has 0 aliphatic carbocycles. The fourth-order valence-corrected chi connectivity index (χ4v) is 6.45. The molecule has 3 rings (SSSR count). The highest BCUT2D eigenvalue weighted by molar-refractivity contribution is 7.76. The molecule has 0 bridgehead atoms. The number of amides is 1. The number of alkyl halides is 3. The van der Waals surface area contributed by atoms with Crippen LogP contribution in [0.2, 0.25) is 0 Å². The van der Waals surface area contributed by atoms with Gasteiger partial charge >= 0.3 is 6.18 Å². The Balaban J connectivity index is 2.21. The number of nitro benzene ring substituents is 1. The van der Waals surface area contributed by atoms with E-state index in [4.69, 9.17) is 0 Å². The Bertz CT molecular complexity index is 1250.